The molecule has 0 saturated carbocycles. The van der Waals surface area contributed by atoms with Gasteiger partial charge in [-0.05, 0) is 62.3 Å². The van der Waals surface area contributed by atoms with Crippen molar-refractivity contribution in [3.8, 4) is 0 Å². The van der Waals surface area contributed by atoms with Crippen LogP contribution < -0.4 is 11.1 Å². The summed E-state index contributed by atoms with van der Waals surface area (Å²) < 4.78 is 0.907. The van der Waals surface area contributed by atoms with Gasteiger partial charge in [0.25, 0.3) is 0 Å². The molecule has 18 heavy (non-hydrogen) atoms. The van der Waals surface area contributed by atoms with Crippen molar-refractivity contribution in [1.29, 1.82) is 0 Å². The maximum Gasteiger partial charge on any atom is 0.149 e. The van der Waals surface area contributed by atoms with Crippen LogP contribution in [0.5, 0.6) is 0 Å². The van der Waals surface area contributed by atoms with Crippen LogP contribution in [-0.4, -0.2) is 36.1 Å². The predicted molar refractivity (Wildman–Crippen MR) is 81.8 cm³/mol. The molecule has 1 aromatic heterocycles. The number of aromatic nitrogens is 1. The van der Waals surface area contributed by atoms with Crippen LogP contribution >= 0.6 is 15.9 Å². The lowest BCUT2D eigenvalue weighted by atomic mass is 10.2. The lowest BCUT2D eigenvalue weighted by Gasteiger charge is -2.20. The van der Waals surface area contributed by atoms with Gasteiger partial charge in [0, 0.05) is 23.3 Å². The van der Waals surface area contributed by atoms with Crippen LogP contribution in [0.4, 0.5) is 11.5 Å². The summed E-state index contributed by atoms with van der Waals surface area (Å²) in [6, 6.07) is 2.48. The first kappa shape index (κ1) is 15.2. The van der Waals surface area contributed by atoms with Crippen molar-refractivity contribution < 1.29 is 0 Å². The molecule has 0 atom stereocenters. The molecule has 0 bridgehead atoms. The molecule has 0 aliphatic heterocycles. The number of nitrogens with one attached hydrogen (secondary N) is 1. The number of nitrogen functional groups attached to an aromatic ring is 1. The molecule has 4 nitrogen and oxygen atoms in total. The van der Waals surface area contributed by atoms with E-state index < -0.39 is 0 Å². The Hall–Kier alpha value is -0.810. The molecule has 0 aromatic carbocycles. The lowest BCUT2D eigenvalue weighted by molar-refractivity contribution is 0.269. The van der Waals surface area contributed by atoms with Gasteiger partial charge in [-0.25, -0.2) is 4.98 Å². The average molecular weight is 315 g/mol. The maximum absolute atomic E-state index is 5.86. The fourth-order valence-electron chi connectivity index (χ4n) is 1.55. The van der Waals surface area contributed by atoms with Crippen molar-refractivity contribution >= 4 is 27.4 Å². The van der Waals surface area contributed by atoms with Crippen molar-refractivity contribution in [3.63, 3.8) is 0 Å². The summed E-state index contributed by atoms with van der Waals surface area (Å²) in [4.78, 5) is 6.60. The molecule has 102 valence electrons. The van der Waals surface area contributed by atoms with Crippen LogP contribution in [0.2, 0.25) is 0 Å². The molecule has 0 saturated heterocycles. The Kier molecular flexibility index (Phi) is 6.43. The SMILES string of the molecule is CC(C)N(C)CCCCNc1ncc(Br)cc1N. The van der Waals surface area contributed by atoms with Crippen LogP contribution in [0.25, 0.3) is 0 Å². The van der Waals surface area contributed by atoms with Crippen molar-refractivity contribution in [2.24, 2.45) is 0 Å². The fraction of sp³-hybridized carbons (Fsp3) is 0.615. The predicted octanol–water partition coefficient (Wildman–Crippen LogP) is 2.96. The first-order valence-electron chi connectivity index (χ1n) is 6.36. The van der Waals surface area contributed by atoms with Crippen LogP contribution in [0.3, 0.4) is 0 Å². The normalized spacial score (nSPS) is 11.2. The zero-order valence-electron chi connectivity index (χ0n) is 11.4. The van der Waals surface area contributed by atoms with E-state index in [1.54, 1.807) is 6.20 Å². The van der Waals surface area contributed by atoms with Crippen LogP contribution in [-0.2, 0) is 0 Å². The molecule has 1 aromatic rings. The summed E-state index contributed by atoms with van der Waals surface area (Å²) in [7, 11) is 2.16. The molecular formula is C13H23BrN4. The molecule has 1 rings (SSSR count). The third kappa shape index (κ3) is 5.23. The van der Waals surface area contributed by atoms with Gasteiger partial charge in [0.05, 0.1) is 5.69 Å². The molecule has 1 heterocycles. The van der Waals surface area contributed by atoms with Gasteiger partial charge in [-0.1, -0.05) is 0 Å². The van der Waals surface area contributed by atoms with Gasteiger partial charge in [0.15, 0.2) is 0 Å². The van der Waals surface area contributed by atoms with E-state index in [0.29, 0.717) is 11.7 Å². The topological polar surface area (TPSA) is 54.2 Å². The van der Waals surface area contributed by atoms with E-state index in [-0.39, 0.29) is 0 Å². The lowest BCUT2D eigenvalue weighted by Crippen LogP contribution is -2.27. The molecular weight excluding hydrogens is 292 g/mol. The van der Waals surface area contributed by atoms with E-state index in [1.807, 2.05) is 6.07 Å². The summed E-state index contributed by atoms with van der Waals surface area (Å²) in [6.45, 7) is 6.46. The summed E-state index contributed by atoms with van der Waals surface area (Å²) in [6.07, 6.45) is 4.05. The summed E-state index contributed by atoms with van der Waals surface area (Å²) in [5, 5.41) is 3.27. The standard InChI is InChI=1S/C13H23BrN4/c1-10(2)18(3)7-5-4-6-16-13-12(15)8-11(14)9-17-13/h8-10H,4-7,15H2,1-3H3,(H,16,17). The van der Waals surface area contributed by atoms with E-state index in [2.05, 4.69) is 52.0 Å². The smallest absolute Gasteiger partial charge is 0.149 e. The fourth-order valence-corrected chi connectivity index (χ4v) is 1.90. The zero-order chi connectivity index (χ0) is 13.5. The third-order valence-electron chi connectivity index (χ3n) is 3.00. The number of pyridine rings is 1. The minimum absolute atomic E-state index is 0.613. The van der Waals surface area contributed by atoms with E-state index >= 15 is 0 Å². The summed E-state index contributed by atoms with van der Waals surface area (Å²) >= 11 is 3.34. The Morgan fingerprint density at radius 3 is 2.78 bits per heavy atom. The second-order valence-corrected chi connectivity index (χ2v) is 5.72. The zero-order valence-corrected chi connectivity index (χ0v) is 13.0. The molecule has 0 spiro atoms. The highest BCUT2D eigenvalue weighted by molar-refractivity contribution is 9.10. The largest absolute Gasteiger partial charge is 0.396 e. The first-order valence-corrected chi connectivity index (χ1v) is 7.15. The van der Waals surface area contributed by atoms with Gasteiger partial charge in [-0.15, -0.1) is 0 Å². The highest BCUT2D eigenvalue weighted by Crippen LogP contribution is 2.19. The highest BCUT2D eigenvalue weighted by Gasteiger charge is 2.03. The monoisotopic (exact) mass is 314 g/mol. The molecule has 5 heteroatoms. The van der Waals surface area contributed by atoms with Gasteiger partial charge in [-0.3, -0.25) is 0 Å². The Balaban J connectivity index is 2.22. The molecule has 0 amide bonds. The van der Waals surface area contributed by atoms with E-state index in [1.165, 1.54) is 6.42 Å². The second-order valence-electron chi connectivity index (χ2n) is 4.80. The van der Waals surface area contributed by atoms with Crippen molar-refractivity contribution in [2.75, 3.05) is 31.2 Å². The van der Waals surface area contributed by atoms with E-state index in [9.17, 15) is 0 Å². The minimum atomic E-state index is 0.613. The Morgan fingerprint density at radius 2 is 2.17 bits per heavy atom. The number of halogens is 1. The average Bonchev–Trinajstić information content (AvgIpc) is 2.30. The van der Waals surface area contributed by atoms with Crippen molar-refractivity contribution in [2.45, 2.75) is 32.7 Å². The highest BCUT2D eigenvalue weighted by atomic mass is 79.9. The number of unbranched alkanes of at least 4 members (excludes halogenated alkanes) is 1. The molecule has 0 unspecified atom stereocenters. The number of hydrogen-bond acceptors (Lipinski definition) is 4. The van der Waals surface area contributed by atoms with Gasteiger partial charge in [0.1, 0.15) is 5.82 Å². The summed E-state index contributed by atoms with van der Waals surface area (Å²) in [5.74, 6) is 0.774. The Bertz CT molecular complexity index is 368. The molecule has 3 N–H and O–H groups in total. The van der Waals surface area contributed by atoms with Gasteiger partial charge >= 0.3 is 0 Å². The Labute approximate surface area is 118 Å². The van der Waals surface area contributed by atoms with Crippen molar-refractivity contribution in [1.82, 2.24) is 9.88 Å². The first-order chi connectivity index (χ1) is 8.50. The number of hydrogen-bond donors (Lipinski definition) is 2. The number of nitrogens with zero attached hydrogens (tertiary/aromatic N) is 2. The molecule has 0 aliphatic rings. The Morgan fingerprint density at radius 1 is 1.44 bits per heavy atom. The second kappa shape index (κ2) is 7.59. The minimum Gasteiger partial charge on any atom is -0.396 e. The van der Waals surface area contributed by atoms with Crippen LogP contribution in [0, 0.1) is 0 Å². The summed E-state index contributed by atoms with van der Waals surface area (Å²) in [5.41, 5.74) is 6.54. The van der Waals surface area contributed by atoms with Gasteiger partial charge in [0.2, 0.25) is 0 Å². The van der Waals surface area contributed by atoms with E-state index in [0.717, 1.165) is 29.8 Å². The van der Waals surface area contributed by atoms with Crippen LogP contribution in [0.1, 0.15) is 26.7 Å². The molecule has 0 radical (unpaired) electrons. The van der Waals surface area contributed by atoms with Crippen LogP contribution in [0.15, 0.2) is 16.7 Å². The van der Waals surface area contributed by atoms with Gasteiger partial charge in [-0.2, -0.15) is 0 Å². The number of nitrogens with two attached hydrogens (primary N) is 1. The molecule has 0 aliphatic carbocycles. The number of rotatable bonds is 7. The number of anilines is 2. The van der Waals surface area contributed by atoms with Gasteiger partial charge < -0.3 is 16.0 Å². The van der Waals surface area contributed by atoms with E-state index in [4.69, 9.17) is 5.73 Å². The quantitative estimate of drug-likeness (QED) is 0.760. The molecule has 0 fully saturated rings. The van der Waals surface area contributed by atoms with Crippen molar-refractivity contribution in [3.05, 3.63) is 16.7 Å². The third-order valence-corrected chi connectivity index (χ3v) is 3.43. The maximum atomic E-state index is 5.86.